The van der Waals surface area contributed by atoms with E-state index in [-0.39, 0.29) is 0 Å². The van der Waals surface area contributed by atoms with Gasteiger partial charge in [-0.2, -0.15) is 0 Å². The first-order valence-corrected chi connectivity index (χ1v) is 6.43. The zero-order valence-corrected chi connectivity index (χ0v) is 11.1. The molecule has 0 radical (unpaired) electrons. The van der Waals surface area contributed by atoms with Crippen molar-refractivity contribution in [2.75, 3.05) is 0 Å². The van der Waals surface area contributed by atoms with Crippen LogP contribution in [-0.2, 0) is 0 Å². The minimum atomic E-state index is 0.443. The van der Waals surface area contributed by atoms with E-state index in [1.807, 2.05) is 0 Å². The number of rotatable bonds is 4. The summed E-state index contributed by atoms with van der Waals surface area (Å²) in [6.07, 6.45) is 9.85. The molecule has 0 amide bonds. The Hall–Kier alpha value is -0.520. The van der Waals surface area contributed by atoms with Crippen LogP contribution in [0.1, 0.15) is 60.3 Å². The van der Waals surface area contributed by atoms with Crippen LogP contribution < -0.4 is 0 Å². The summed E-state index contributed by atoms with van der Waals surface area (Å²) in [6, 6.07) is 0. The normalized spacial score (nSPS) is 17.7. The van der Waals surface area contributed by atoms with Gasteiger partial charge in [0.2, 0.25) is 0 Å². The highest BCUT2D eigenvalue weighted by Crippen LogP contribution is 2.40. The smallest absolute Gasteiger partial charge is 0.0118 e. The van der Waals surface area contributed by atoms with E-state index in [1.54, 1.807) is 11.1 Å². The first-order chi connectivity index (χ1) is 7.03. The van der Waals surface area contributed by atoms with Gasteiger partial charge in [0.15, 0.2) is 0 Å². The Kier molecular flexibility index (Phi) is 4.19. The second kappa shape index (κ2) is 5.01. The van der Waals surface area contributed by atoms with Crippen molar-refractivity contribution in [1.82, 2.24) is 0 Å². The van der Waals surface area contributed by atoms with Gasteiger partial charge in [-0.3, -0.25) is 0 Å². The van der Waals surface area contributed by atoms with Crippen LogP contribution in [0.2, 0.25) is 0 Å². The Morgan fingerprint density at radius 1 is 1.13 bits per heavy atom. The molecule has 86 valence electrons. The predicted molar refractivity (Wildman–Crippen MR) is 68.9 cm³/mol. The lowest BCUT2D eigenvalue weighted by Gasteiger charge is -2.32. The van der Waals surface area contributed by atoms with Crippen LogP contribution in [-0.4, -0.2) is 0 Å². The predicted octanol–water partition coefficient (Wildman–Crippen LogP) is 5.12. The van der Waals surface area contributed by atoms with Gasteiger partial charge in [0, 0.05) is 0 Å². The van der Waals surface area contributed by atoms with Gasteiger partial charge in [0.05, 0.1) is 0 Å². The molecule has 0 spiro atoms. The zero-order chi connectivity index (χ0) is 11.5. The molecule has 0 aromatic rings. The first kappa shape index (κ1) is 12.5. The maximum absolute atomic E-state index is 2.41. The number of hydrogen-bond acceptors (Lipinski definition) is 0. The van der Waals surface area contributed by atoms with Crippen LogP contribution in [0, 0.1) is 11.3 Å². The highest BCUT2D eigenvalue weighted by Gasteiger charge is 2.25. The Labute approximate surface area is 95.5 Å². The molecule has 0 heterocycles. The quantitative estimate of drug-likeness (QED) is 0.599. The number of allylic oxidation sites excluding steroid dienone is 4. The lowest BCUT2D eigenvalue weighted by atomic mass is 9.73. The minimum Gasteiger partial charge on any atom is -0.0673 e. The van der Waals surface area contributed by atoms with E-state index in [1.165, 1.54) is 25.7 Å². The lowest BCUT2D eigenvalue weighted by molar-refractivity contribution is 0.353. The van der Waals surface area contributed by atoms with Crippen LogP contribution in [0.3, 0.4) is 0 Å². The van der Waals surface area contributed by atoms with Crippen molar-refractivity contribution in [3.8, 4) is 0 Å². The molecule has 1 aliphatic rings. The van der Waals surface area contributed by atoms with E-state index in [9.17, 15) is 0 Å². The van der Waals surface area contributed by atoms with Crippen LogP contribution >= 0.6 is 0 Å². The topological polar surface area (TPSA) is 0 Å². The molecular formula is C15H26. The fourth-order valence-corrected chi connectivity index (χ4v) is 2.34. The average Bonchev–Trinajstić information content (AvgIpc) is 2.28. The van der Waals surface area contributed by atoms with Gasteiger partial charge in [-0.05, 0) is 37.0 Å². The second-order valence-electron chi connectivity index (χ2n) is 5.36. The molecular weight excluding hydrogens is 180 g/mol. The summed E-state index contributed by atoms with van der Waals surface area (Å²) >= 11 is 0. The second-order valence-corrected chi connectivity index (χ2v) is 5.36. The monoisotopic (exact) mass is 206 g/mol. The Morgan fingerprint density at radius 3 is 2.07 bits per heavy atom. The molecule has 0 atom stereocenters. The molecule has 0 aliphatic heterocycles. The van der Waals surface area contributed by atoms with Gasteiger partial charge in [-0.25, -0.2) is 0 Å². The lowest BCUT2D eigenvalue weighted by Crippen LogP contribution is -2.19. The van der Waals surface area contributed by atoms with E-state index in [0.717, 1.165) is 5.92 Å². The molecule has 0 N–H and O–H groups in total. The fourth-order valence-electron chi connectivity index (χ4n) is 2.34. The zero-order valence-electron chi connectivity index (χ0n) is 11.1. The van der Waals surface area contributed by atoms with E-state index in [0.29, 0.717) is 5.41 Å². The summed E-state index contributed by atoms with van der Waals surface area (Å²) in [5.74, 6) is 0.720. The van der Waals surface area contributed by atoms with E-state index in [2.05, 4.69) is 46.8 Å². The van der Waals surface area contributed by atoms with Crippen molar-refractivity contribution in [1.29, 1.82) is 0 Å². The standard InChI is InChI=1S/C15H26/c1-6-15(5,7-2)14-10-8-13(9-11-14)12(3)4/h8,10,12H,6-7,9,11H2,1-5H3. The Balaban J connectivity index is 2.83. The third-order valence-electron chi connectivity index (χ3n) is 4.26. The minimum absolute atomic E-state index is 0.443. The molecule has 0 bridgehead atoms. The summed E-state index contributed by atoms with van der Waals surface area (Å²) < 4.78 is 0. The first-order valence-electron chi connectivity index (χ1n) is 6.43. The summed E-state index contributed by atoms with van der Waals surface area (Å²) in [6.45, 7) is 11.6. The summed E-state index contributed by atoms with van der Waals surface area (Å²) in [7, 11) is 0. The number of hydrogen-bond donors (Lipinski definition) is 0. The molecule has 1 rings (SSSR count). The van der Waals surface area contributed by atoms with E-state index in [4.69, 9.17) is 0 Å². The van der Waals surface area contributed by atoms with Gasteiger partial charge < -0.3 is 0 Å². The summed E-state index contributed by atoms with van der Waals surface area (Å²) in [4.78, 5) is 0. The van der Waals surface area contributed by atoms with Crippen LogP contribution in [0.25, 0.3) is 0 Å². The third-order valence-corrected chi connectivity index (χ3v) is 4.26. The van der Waals surface area contributed by atoms with Crippen molar-refractivity contribution >= 4 is 0 Å². The van der Waals surface area contributed by atoms with E-state index < -0.39 is 0 Å². The summed E-state index contributed by atoms with van der Waals surface area (Å²) in [5, 5.41) is 0. The molecule has 0 fully saturated rings. The molecule has 0 heteroatoms. The highest BCUT2D eigenvalue weighted by molar-refractivity contribution is 5.28. The fraction of sp³-hybridized carbons (Fsp3) is 0.733. The largest absolute Gasteiger partial charge is 0.0673 e. The van der Waals surface area contributed by atoms with Gasteiger partial charge >= 0.3 is 0 Å². The third kappa shape index (κ3) is 2.74. The van der Waals surface area contributed by atoms with Crippen LogP contribution in [0.5, 0.6) is 0 Å². The van der Waals surface area contributed by atoms with Gasteiger partial charge in [-0.1, -0.05) is 57.9 Å². The highest BCUT2D eigenvalue weighted by atomic mass is 14.3. The molecule has 0 aromatic heterocycles. The Bertz CT molecular complexity index is 262. The van der Waals surface area contributed by atoms with Crippen molar-refractivity contribution in [3.05, 3.63) is 23.3 Å². The van der Waals surface area contributed by atoms with Gasteiger partial charge in [0.1, 0.15) is 0 Å². The van der Waals surface area contributed by atoms with Crippen molar-refractivity contribution in [2.45, 2.75) is 60.3 Å². The van der Waals surface area contributed by atoms with E-state index >= 15 is 0 Å². The van der Waals surface area contributed by atoms with Gasteiger partial charge in [-0.15, -0.1) is 0 Å². The van der Waals surface area contributed by atoms with Gasteiger partial charge in [0.25, 0.3) is 0 Å². The molecule has 0 nitrogen and oxygen atoms in total. The SMILES string of the molecule is CCC(C)(CC)C1=CC=C(C(C)C)CC1. The van der Waals surface area contributed by atoms with Crippen molar-refractivity contribution in [3.63, 3.8) is 0 Å². The maximum atomic E-state index is 2.41. The molecule has 0 unspecified atom stereocenters. The molecule has 0 saturated carbocycles. The average molecular weight is 206 g/mol. The molecule has 15 heavy (non-hydrogen) atoms. The Morgan fingerprint density at radius 2 is 1.73 bits per heavy atom. The van der Waals surface area contributed by atoms with Crippen LogP contribution in [0.4, 0.5) is 0 Å². The van der Waals surface area contributed by atoms with Crippen molar-refractivity contribution < 1.29 is 0 Å². The van der Waals surface area contributed by atoms with Crippen LogP contribution in [0.15, 0.2) is 23.3 Å². The molecule has 0 aromatic carbocycles. The maximum Gasteiger partial charge on any atom is -0.0118 e. The van der Waals surface area contributed by atoms with Crippen molar-refractivity contribution in [2.24, 2.45) is 11.3 Å². The summed E-state index contributed by atoms with van der Waals surface area (Å²) in [5.41, 5.74) is 3.73. The molecule has 0 saturated heterocycles. The molecule has 1 aliphatic carbocycles.